The second-order valence-corrected chi connectivity index (χ2v) is 11.8. The van der Waals surface area contributed by atoms with Crippen molar-refractivity contribution in [1.82, 2.24) is 15.5 Å². The molecule has 35 heavy (non-hydrogen) atoms. The van der Waals surface area contributed by atoms with Gasteiger partial charge in [-0.15, -0.1) is 0 Å². The van der Waals surface area contributed by atoms with E-state index in [-0.39, 0.29) is 11.8 Å². The molecule has 8 heteroatoms. The Morgan fingerprint density at radius 3 is 2.14 bits per heavy atom. The number of rotatable bonds is 11. The molecule has 0 fully saturated rings. The second kappa shape index (κ2) is 13.8. The smallest absolute Gasteiger partial charge is 0.408 e. The number of carbonyl (C=O) groups is 3. The number of carbonyl (C=O) groups excluding carboxylic acids is 3. The van der Waals surface area contributed by atoms with Crippen LogP contribution in [-0.4, -0.2) is 58.5 Å². The summed E-state index contributed by atoms with van der Waals surface area (Å²) in [5.41, 5.74) is 0.414. The summed E-state index contributed by atoms with van der Waals surface area (Å²) in [6.07, 6.45) is 3.53. The molecule has 0 aliphatic rings. The molecule has 0 spiro atoms. The van der Waals surface area contributed by atoms with Gasteiger partial charge in [-0.1, -0.05) is 43.2 Å². The van der Waals surface area contributed by atoms with E-state index >= 15 is 0 Å². The first-order chi connectivity index (χ1) is 16.2. The van der Waals surface area contributed by atoms with E-state index in [4.69, 9.17) is 4.74 Å². The molecule has 0 saturated carbocycles. The van der Waals surface area contributed by atoms with E-state index in [1.54, 1.807) is 37.4 Å². The molecule has 1 rings (SSSR count). The third-order valence-corrected chi connectivity index (χ3v) is 5.93. The van der Waals surface area contributed by atoms with Gasteiger partial charge in [0.05, 0.1) is 0 Å². The van der Waals surface area contributed by atoms with Crippen molar-refractivity contribution in [1.29, 1.82) is 0 Å². The van der Waals surface area contributed by atoms with Crippen LogP contribution in [0.2, 0.25) is 0 Å². The molecule has 2 N–H and O–H groups in total. The molecule has 0 saturated heterocycles. The van der Waals surface area contributed by atoms with Gasteiger partial charge in [-0.05, 0) is 78.9 Å². The van der Waals surface area contributed by atoms with Gasteiger partial charge >= 0.3 is 6.09 Å². The molecule has 2 unspecified atom stereocenters. The number of nitrogens with one attached hydrogen (secondary N) is 2. The van der Waals surface area contributed by atoms with Crippen molar-refractivity contribution in [2.75, 3.05) is 18.6 Å². The maximum atomic E-state index is 14.1. The zero-order valence-corrected chi connectivity index (χ0v) is 23.8. The van der Waals surface area contributed by atoms with Crippen LogP contribution in [0.5, 0.6) is 0 Å². The van der Waals surface area contributed by atoms with Crippen LogP contribution in [0.4, 0.5) is 4.79 Å². The highest BCUT2D eigenvalue weighted by atomic mass is 32.2. The van der Waals surface area contributed by atoms with Crippen molar-refractivity contribution in [2.45, 2.75) is 97.9 Å². The highest BCUT2D eigenvalue weighted by molar-refractivity contribution is 7.98. The van der Waals surface area contributed by atoms with Crippen molar-refractivity contribution < 1.29 is 19.1 Å². The number of nitrogens with zero attached hydrogens (tertiary/aromatic N) is 1. The highest BCUT2D eigenvalue weighted by Crippen LogP contribution is 2.31. The molecule has 7 nitrogen and oxygen atoms in total. The molecule has 0 aromatic heterocycles. The zero-order valence-electron chi connectivity index (χ0n) is 23.0. The lowest BCUT2D eigenvalue weighted by Crippen LogP contribution is -2.58. The van der Waals surface area contributed by atoms with Gasteiger partial charge in [0.1, 0.15) is 17.7 Å². The van der Waals surface area contributed by atoms with E-state index < -0.39 is 29.3 Å². The van der Waals surface area contributed by atoms with Crippen molar-refractivity contribution in [2.24, 2.45) is 0 Å². The Hall–Kier alpha value is -2.22. The molecule has 2 atom stereocenters. The van der Waals surface area contributed by atoms with Gasteiger partial charge in [0.2, 0.25) is 11.8 Å². The lowest BCUT2D eigenvalue weighted by Gasteiger charge is -2.43. The van der Waals surface area contributed by atoms with Crippen molar-refractivity contribution in [3.63, 3.8) is 0 Å². The molecule has 0 aliphatic heterocycles. The van der Waals surface area contributed by atoms with Gasteiger partial charge in [0.15, 0.2) is 0 Å². The normalized spacial score (nSPS) is 13.5. The molecule has 198 valence electrons. The van der Waals surface area contributed by atoms with Crippen molar-refractivity contribution in [3.8, 4) is 0 Å². The second-order valence-electron chi connectivity index (χ2n) is 10.8. The summed E-state index contributed by atoms with van der Waals surface area (Å²) in [5.74, 6) is 0.127. The molecule has 1 aromatic carbocycles. The Kier molecular flexibility index (Phi) is 12.1. The van der Waals surface area contributed by atoms with Crippen molar-refractivity contribution in [3.05, 3.63) is 35.4 Å². The fourth-order valence-electron chi connectivity index (χ4n) is 3.61. The van der Waals surface area contributed by atoms with E-state index in [0.29, 0.717) is 18.7 Å². The number of hydrogen-bond donors (Lipinski definition) is 2. The van der Waals surface area contributed by atoms with Crippen LogP contribution in [0.25, 0.3) is 0 Å². The highest BCUT2D eigenvalue weighted by Gasteiger charge is 2.41. The summed E-state index contributed by atoms with van der Waals surface area (Å²) in [4.78, 5) is 41.8. The predicted octanol–water partition coefficient (Wildman–Crippen LogP) is 5.23. The summed E-state index contributed by atoms with van der Waals surface area (Å²) in [6, 6.07) is 6.01. The number of thioether (sulfide) groups is 1. The monoisotopic (exact) mass is 507 g/mol. The molecule has 0 radical (unpaired) electrons. The number of alkyl carbamates (subject to hydrolysis) is 1. The van der Waals surface area contributed by atoms with Gasteiger partial charge in [0, 0.05) is 12.1 Å². The van der Waals surface area contributed by atoms with Gasteiger partial charge < -0.3 is 20.3 Å². The summed E-state index contributed by atoms with van der Waals surface area (Å²) >= 11 is 1.59. The molecule has 1 aromatic rings. The molecular weight excluding hydrogens is 462 g/mol. The first-order valence-electron chi connectivity index (χ1n) is 12.4. The largest absolute Gasteiger partial charge is 0.444 e. The summed E-state index contributed by atoms with van der Waals surface area (Å²) in [7, 11) is 0. The van der Waals surface area contributed by atoms with Crippen LogP contribution in [0.3, 0.4) is 0 Å². The maximum Gasteiger partial charge on any atom is 0.408 e. The van der Waals surface area contributed by atoms with E-state index in [1.165, 1.54) is 0 Å². The van der Waals surface area contributed by atoms with Gasteiger partial charge in [-0.25, -0.2) is 4.79 Å². The molecule has 0 bridgehead atoms. The van der Waals surface area contributed by atoms with Gasteiger partial charge in [-0.2, -0.15) is 11.8 Å². The van der Waals surface area contributed by atoms with Gasteiger partial charge in [-0.3, -0.25) is 9.59 Å². The number of unbranched alkanes of at least 4 members (excludes halogenated alkanes) is 1. The van der Waals surface area contributed by atoms with Crippen LogP contribution in [0.1, 0.15) is 84.9 Å². The van der Waals surface area contributed by atoms with E-state index in [9.17, 15) is 14.4 Å². The number of hydrogen-bond acceptors (Lipinski definition) is 5. The minimum Gasteiger partial charge on any atom is -0.444 e. The average molecular weight is 508 g/mol. The van der Waals surface area contributed by atoms with Crippen LogP contribution >= 0.6 is 11.8 Å². The Morgan fingerprint density at radius 1 is 1.06 bits per heavy atom. The van der Waals surface area contributed by atoms with E-state index in [0.717, 1.165) is 24.0 Å². The fourth-order valence-corrected chi connectivity index (χ4v) is 4.08. The summed E-state index contributed by atoms with van der Waals surface area (Å²) in [6.45, 7) is 15.6. The predicted molar refractivity (Wildman–Crippen MR) is 145 cm³/mol. The average Bonchev–Trinajstić information content (AvgIpc) is 2.73. The zero-order chi connectivity index (χ0) is 26.8. The number of amides is 3. The molecule has 0 heterocycles. The van der Waals surface area contributed by atoms with Gasteiger partial charge in [0.25, 0.3) is 0 Å². The van der Waals surface area contributed by atoms with Crippen LogP contribution in [0, 0.1) is 6.92 Å². The van der Waals surface area contributed by atoms with Crippen LogP contribution in [0.15, 0.2) is 24.3 Å². The Morgan fingerprint density at radius 2 is 1.66 bits per heavy atom. The van der Waals surface area contributed by atoms with Crippen molar-refractivity contribution >= 4 is 29.7 Å². The van der Waals surface area contributed by atoms with E-state index in [1.807, 2.05) is 58.2 Å². The molecule has 3 amide bonds. The number of aryl methyl sites for hydroxylation is 1. The third-order valence-electron chi connectivity index (χ3n) is 5.29. The Bertz CT molecular complexity index is 828. The number of ether oxygens (including phenoxy) is 1. The first kappa shape index (κ1) is 30.8. The standard InChI is InChI=1S/C27H45N3O4S/c1-10-11-17-28-23(31)22(20-14-12-19(2)13-15-20)30(26(3,4)5)24(32)21(16-18-35-9)29-25(33)34-27(6,7)8/h12-15,21-22H,10-11,16-18H2,1-9H3,(H,28,31)(H,29,33). The molecule has 0 aliphatic carbocycles. The Labute approximate surface area is 216 Å². The van der Waals surface area contributed by atoms with Crippen LogP contribution in [-0.2, 0) is 14.3 Å². The minimum atomic E-state index is -0.836. The SMILES string of the molecule is CCCCNC(=O)C(c1ccc(C)cc1)N(C(=O)C(CCSC)NC(=O)OC(C)(C)C)C(C)(C)C. The lowest BCUT2D eigenvalue weighted by molar-refractivity contribution is -0.148. The topological polar surface area (TPSA) is 87.7 Å². The minimum absolute atomic E-state index is 0.230. The maximum absolute atomic E-state index is 14.1. The Balaban J connectivity index is 3.46. The fraction of sp³-hybridized carbons (Fsp3) is 0.667. The quantitative estimate of drug-likeness (QED) is 0.401. The number of benzene rings is 1. The van der Waals surface area contributed by atoms with E-state index in [2.05, 4.69) is 17.6 Å². The van der Waals surface area contributed by atoms with Crippen LogP contribution < -0.4 is 10.6 Å². The summed E-state index contributed by atoms with van der Waals surface area (Å²) < 4.78 is 5.43. The summed E-state index contributed by atoms with van der Waals surface area (Å²) in [5, 5.41) is 5.78. The first-order valence-corrected chi connectivity index (χ1v) is 13.8. The molecular formula is C27H45N3O4S. The lowest BCUT2D eigenvalue weighted by atomic mass is 9.94. The third kappa shape index (κ3) is 10.5.